The first-order chi connectivity index (χ1) is 5.59. The van der Waals surface area contributed by atoms with Gasteiger partial charge < -0.3 is 5.11 Å². The third kappa shape index (κ3) is 2.77. The average Bonchev–Trinajstić information content (AvgIpc) is 2.35. The molecule has 0 bridgehead atoms. The summed E-state index contributed by atoms with van der Waals surface area (Å²) in [5, 5.41) is 9.26. The third-order valence-corrected chi connectivity index (χ3v) is 3.23. The van der Waals surface area contributed by atoms with Crippen molar-refractivity contribution in [2.24, 2.45) is 5.92 Å². The Morgan fingerprint density at radius 3 is 2.58 bits per heavy atom. The standard InChI is InChI=1S/C9H13ClOS/c1-6(7(2)11)5-8-3-4-9(10)12-8/h3-4,6-7,11H,5H2,1-2H3. The molecule has 2 atom stereocenters. The van der Waals surface area contributed by atoms with E-state index in [4.69, 9.17) is 11.6 Å². The smallest absolute Gasteiger partial charge is 0.0931 e. The summed E-state index contributed by atoms with van der Waals surface area (Å²) in [4.78, 5) is 1.24. The fraction of sp³-hybridized carbons (Fsp3) is 0.556. The van der Waals surface area contributed by atoms with Crippen LogP contribution in [0.15, 0.2) is 12.1 Å². The molecule has 1 nitrogen and oxygen atoms in total. The van der Waals surface area contributed by atoms with Crippen LogP contribution in [0.3, 0.4) is 0 Å². The van der Waals surface area contributed by atoms with Crippen molar-refractivity contribution in [2.45, 2.75) is 26.4 Å². The van der Waals surface area contributed by atoms with E-state index in [9.17, 15) is 5.11 Å². The molecule has 0 saturated carbocycles. The van der Waals surface area contributed by atoms with Gasteiger partial charge in [-0.25, -0.2) is 0 Å². The predicted molar refractivity (Wildman–Crippen MR) is 53.9 cm³/mol. The summed E-state index contributed by atoms with van der Waals surface area (Å²) in [6, 6.07) is 3.92. The van der Waals surface area contributed by atoms with Crippen molar-refractivity contribution in [3.63, 3.8) is 0 Å². The van der Waals surface area contributed by atoms with Crippen molar-refractivity contribution >= 4 is 22.9 Å². The third-order valence-electron chi connectivity index (χ3n) is 1.98. The molecular formula is C9H13ClOS. The van der Waals surface area contributed by atoms with Crippen LogP contribution in [0, 0.1) is 5.92 Å². The fourth-order valence-corrected chi connectivity index (χ4v) is 2.18. The lowest BCUT2D eigenvalue weighted by atomic mass is 10.0. The van der Waals surface area contributed by atoms with Crippen LogP contribution < -0.4 is 0 Å². The molecule has 0 aliphatic rings. The first-order valence-corrected chi connectivity index (χ1v) is 5.21. The van der Waals surface area contributed by atoms with Crippen LogP contribution >= 0.6 is 22.9 Å². The minimum atomic E-state index is -0.245. The van der Waals surface area contributed by atoms with Gasteiger partial charge in [0.1, 0.15) is 0 Å². The van der Waals surface area contributed by atoms with Crippen molar-refractivity contribution in [1.29, 1.82) is 0 Å². The Morgan fingerprint density at radius 2 is 2.17 bits per heavy atom. The van der Waals surface area contributed by atoms with Gasteiger partial charge in [0.2, 0.25) is 0 Å². The molecule has 0 aliphatic heterocycles. The Hall–Kier alpha value is -0.0500. The summed E-state index contributed by atoms with van der Waals surface area (Å²) >= 11 is 7.37. The van der Waals surface area contributed by atoms with Gasteiger partial charge in [-0.15, -0.1) is 11.3 Å². The maximum absolute atomic E-state index is 9.26. The molecule has 1 N–H and O–H groups in total. The first-order valence-electron chi connectivity index (χ1n) is 4.02. The van der Waals surface area contributed by atoms with Crippen molar-refractivity contribution < 1.29 is 5.11 Å². The number of hydrogen-bond acceptors (Lipinski definition) is 2. The highest BCUT2D eigenvalue weighted by molar-refractivity contribution is 7.16. The second-order valence-electron chi connectivity index (χ2n) is 3.13. The monoisotopic (exact) mass is 204 g/mol. The molecule has 1 heterocycles. The highest BCUT2D eigenvalue weighted by Crippen LogP contribution is 2.24. The molecule has 68 valence electrons. The van der Waals surface area contributed by atoms with Gasteiger partial charge in [-0.2, -0.15) is 0 Å². The molecule has 0 spiro atoms. The van der Waals surface area contributed by atoms with E-state index < -0.39 is 0 Å². The topological polar surface area (TPSA) is 20.2 Å². The molecule has 0 fully saturated rings. The Morgan fingerprint density at radius 1 is 1.50 bits per heavy atom. The molecule has 1 aromatic heterocycles. The molecule has 12 heavy (non-hydrogen) atoms. The highest BCUT2D eigenvalue weighted by Gasteiger charge is 2.10. The maximum atomic E-state index is 9.26. The van der Waals surface area contributed by atoms with Crippen molar-refractivity contribution in [1.82, 2.24) is 0 Å². The molecule has 0 saturated heterocycles. The van der Waals surface area contributed by atoms with Gasteiger partial charge in [-0.1, -0.05) is 18.5 Å². The Labute approximate surface area is 82.0 Å². The second-order valence-corrected chi connectivity index (χ2v) is 4.93. The second kappa shape index (κ2) is 4.26. The van der Waals surface area contributed by atoms with Gasteiger partial charge in [0.25, 0.3) is 0 Å². The molecule has 1 aromatic rings. The summed E-state index contributed by atoms with van der Waals surface area (Å²) in [5.74, 6) is 0.305. The highest BCUT2D eigenvalue weighted by atomic mass is 35.5. The Kier molecular flexibility index (Phi) is 3.56. The van der Waals surface area contributed by atoms with Crippen LogP contribution in [0.1, 0.15) is 18.7 Å². The van der Waals surface area contributed by atoms with Gasteiger partial charge in [0, 0.05) is 4.88 Å². The maximum Gasteiger partial charge on any atom is 0.0931 e. The van der Waals surface area contributed by atoms with E-state index in [1.165, 1.54) is 4.88 Å². The van der Waals surface area contributed by atoms with E-state index in [0.717, 1.165) is 10.8 Å². The molecule has 0 amide bonds. The van der Waals surface area contributed by atoms with E-state index in [1.807, 2.05) is 26.0 Å². The number of aliphatic hydroxyl groups excluding tert-OH is 1. The molecule has 0 aliphatic carbocycles. The SMILES string of the molecule is CC(O)C(C)Cc1ccc(Cl)s1. The lowest BCUT2D eigenvalue weighted by molar-refractivity contribution is 0.135. The van der Waals surface area contributed by atoms with Crippen molar-refractivity contribution in [3.05, 3.63) is 21.3 Å². The molecule has 0 radical (unpaired) electrons. The van der Waals surface area contributed by atoms with Gasteiger partial charge in [-0.3, -0.25) is 0 Å². The Balaban J connectivity index is 2.52. The summed E-state index contributed by atoms with van der Waals surface area (Å²) in [6.07, 6.45) is 0.667. The molecule has 2 unspecified atom stereocenters. The molecule has 1 rings (SSSR count). The van der Waals surface area contributed by atoms with Crippen LogP contribution in [-0.4, -0.2) is 11.2 Å². The predicted octanol–water partition coefficient (Wildman–Crippen LogP) is 2.96. The van der Waals surface area contributed by atoms with E-state index in [0.29, 0.717) is 5.92 Å². The summed E-state index contributed by atoms with van der Waals surface area (Å²) < 4.78 is 0.822. The average molecular weight is 205 g/mol. The van der Waals surface area contributed by atoms with Gasteiger partial charge in [0.05, 0.1) is 10.4 Å². The number of hydrogen-bond donors (Lipinski definition) is 1. The number of aliphatic hydroxyl groups is 1. The zero-order valence-corrected chi connectivity index (χ0v) is 8.82. The van der Waals surface area contributed by atoms with Gasteiger partial charge in [0.15, 0.2) is 0 Å². The number of rotatable bonds is 3. The van der Waals surface area contributed by atoms with Crippen LogP contribution in [0.25, 0.3) is 0 Å². The zero-order chi connectivity index (χ0) is 9.14. The normalized spacial score (nSPS) is 16.0. The minimum absolute atomic E-state index is 0.245. The van der Waals surface area contributed by atoms with Crippen LogP contribution in [0.2, 0.25) is 4.34 Å². The van der Waals surface area contributed by atoms with Crippen LogP contribution in [0.5, 0.6) is 0 Å². The minimum Gasteiger partial charge on any atom is -0.393 e. The number of thiophene rings is 1. The fourth-order valence-electron chi connectivity index (χ4n) is 0.949. The zero-order valence-electron chi connectivity index (χ0n) is 7.25. The van der Waals surface area contributed by atoms with Crippen molar-refractivity contribution in [2.75, 3.05) is 0 Å². The van der Waals surface area contributed by atoms with Crippen LogP contribution in [0.4, 0.5) is 0 Å². The number of halogens is 1. The van der Waals surface area contributed by atoms with E-state index in [1.54, 1.807) is 11.3 Å². The van der Waals surface area contributed by atoms with E-state index in [-0.39, 0.29) is 6.10 Å². The Bertz CT molecular complexity index is 244. The summed E-state index contributed by atoms with van der Waals surface area (Å²) in [7, 11) is 0. The van der Waals surface area contributed by atoms with Gasteiger partial charge >= 0.3 is 0 Å². The van der Waals surface area contributed by atoms with Gasteiger partial charge in [-0.05, 0) is 31.4 Å². The molecule has 0 aromatic carbocycles. The van der Waals surface area contributed by atoms with Crippen molar-refractivity contribution in [3.8, 4) is 0 Å². The molecule has 3 heteroatoms. The largest absolute Gasteiger partial charge is 0.393 e. The van der Waals surface area contributed by atoms with E-state index >= 15 is 0 Å². The summed E-state index contributed by atoms with van der Waals surface area (Å²) in [5.41, 5.74) is 0. The first kappa shape index (κ1) is 10.0. The lowest BCUT2D eigenvalue weighted by Gasteiger charge is -2.12. The van der Waals surface area contributed by atoms with Crippen LogP contribution in [-0.2, 0) is 6.42 Å². The summed E-state index contributed by atoms with van der Waals surface area (Å²) in [6.45, 7) is 3.86. The van der Waals surface area contributed by atoms with E-state index in [2.05, 4.69) is 0 Å². The molecular weight excluding hydrogens is 192 g/mol. The lowest BCUT2D eigenvalue weighted by Crippen LogP contribution is -2.14. The quantitative estimate of drug-likeness (QED) is 0.803.